The van der Waals surface area contributed by atoms with Crippen molar-refractivity contribution in [2.75, 3.05) is 0 Å². The molecule has 0 aliphatic rings. The first-order valence-electron chi connectivity index (χ1n) is 5.23. The first-order chi connectivity index (χ1) is 7.58. The Bertz CT molecular complexity index is 381. The van der Waals surface area contributed by atoms with Crippen molar-refractivity contribution >= 4 is 12.0 Å². The molecule has 0 spiro atoms. The quantitative estimate of drug-likeness (QED) is 0.829. The average Bonchev–Trinajstić information content (AvgIpc) is 2.16. The molecule has 0 unspecified atom stereocenters. The zero-order valence-electron chi connectivity index (χ0n) is 9.51. The van der Waals surface area contributed by atoms with Crippen LogP contribution in [0.4, 0.5) is 0 Å². The molecule has 3 heteroatoms. The van der Waals surface area contributed by atoms with E-state index in [2.05, 4.69) is 0 Å². The topological polar surface area (TPSA) is 46.5 Å². The zero-order valence-corrected chi connectivity index (χ0v) is 9.51. The minimum atomic E-state index is -0.828. The summed E-state index contributed by atoms with van der Waals surface area (Å²) >= 11 is 0. The van der Waals surface area contributed by atoms with E-state index in [1.807, 2.05) is 38.1 Å². The van der Waals surface area contributed by atoms with E-state index in [1.165, 1.54) is 0 Å². The van der Waals surface area contributed by atoms with Crippen LogP contribution in [0.15, 0.2) is 30.3 Å². The third-order valence-electron chi connectivity index (χ3n) is 1.83. The van der Waals surface area contributed by atoms with Crippen molar-refractivity contribution in [1.29, 1.82) is 0 Å². The number of rotatable bonds is 5. The second-order valence-electron chi connectivity index (χ2n) is 3.74. The zero-order chi connectivity index (χ0) is 12.0. The van der Waals surface area contributed by atoms with Gasteiger partial charge in [-0.15, -0.1) is 0 Å². The molecule has 0 amide bonds. The van der Waals surface area contributed by atoms with Gasteiger partial charge in [-0.1, -0.05) is 24.3 Å². The third-order valence-corrected chi connectivity index (χ3v) is 1.83. The fourth-order valence-corrected chi connectivity index (χ4v) is 1.26. The number of benzene rings is 1. The Hall–Kier alpha value is -1.77. The van der Waals surface area contributed by atoms with Crippen molar-refractivity contribution in [3.05, 3.63) is 35.9 Å². The van der Waals surface area contributed by atoms with Gasteiger partial charge >= 0.3 is 5.97 Å². The average molecular weight is 220 g/mol. The first kappa shape index (κ1) is 12.3. The van der Waals surface area contributed by atoms with Gasteiger partial charge < -0.3 is 9.84 Å². The van der Waals surface area contributed by atoms with Gasteiger partial charge in [-0.2, -0.15) is 0 Å². The van der Waals surface area contributed by atoms with Gasteiger partial charge in [-0.3, -0.25) is 4.79 Å². The van der Waals surface area contributed by atoms with Crippen LogP contribution in [0.3, 0.4) is 0 Å². The van der Waals surface area contributed by atoms with Crippen LogP contribution in [-0.4, -0.2) is 17.2 Å². The second kappa shape index (κ2) is 5.95. The lowest BCUT2D eigenvalue weighted by Crippen LogP contribution is -2.05. The summed E-state index contributed by atoms with van der Waals surface area (Å²) in [6.07, 6.45) is 3.58. The van der Waals surface area contributed by atoms with E-state index in [0.717, 1.165) is 11.3 Å². The summed E-state index contributed by atoms with van der Waals surface area (Å²) in [7, 11) is 0. The highest BCUT2D eigenvalue weighted by Gasteiger charge is 1.97. The Morgan fingerprint density at radius 1 is 1.50 bits per heavy atom. The highest BCUT2D eigenvalue weighted by atomic mass is 16.5. The SMILES string of the molecule is CC(C)Oc1cccc(C=CCC(=O)O)c1. The van der Waals surface area contributed by atoms with Crippen LogP contribution in [0, 0.1) is 0 Å². The molecule has 0 fully saturated rings. The lowest BCUT2D eigenvalue weighted by Gasteiger charge is -2.09. The van der Waals surface area contributed by atoms with Crippen molar-refractivity contribution in [2.24, 2.45) is 0 Å². The Kier molecular flexibility index (Phi) is 4.58. The molecule has 0 aliphatic carbocycles. The summed E-state index contributed by atoms with van der Waals surface area (Å²) in [5.41, 5.74) is 0.944. The van der Waals surface area contributed by atoms with Crippen LogP contribution in [-0.2, 0) is 4.79 Å². The van der Waals surface area contributed by atoms with Gasteiger partial charge in [0.25, 0.3) is 0 Å². The molecule has 16 heavy (non-hydrogen) atoms. The van der Waals surface area contributed by atoms with Crippen LogP contribution >= 0.6 is 0 Å². The summed E-state index contributed by atoms with van der Waals surface area (Å²) < 4.78 is 5.53. The lowest BCUT2D eigenvalue weighted by atomic mass is 10.2. The van der Waals surface area contributed by atoms with Gasteiger partial charge in [0.2, 0.25) is 0 Å². The number of carboxylic acid groups (broad SMARTS) is 1. The van der Waals surface area contributed by atoms with Gasteiger partial charge in [0, 0.05) is 0 Å². The predicted molar refractivity (Wildman–Crippen MR) is 63.5 cm³/mol. The lowest BCUT2D eigenvalue weighted by molar-refractivity contribution is -0.135. The van der Waals surface area contributed by atoms with Crippen LogP contribution in [0.1, 0.15) is 25.8 Å². The van der Waals surface area contributed by atoms with Crippen molar-refractivity contribution < 1.29 is 14.6 Å². The van der Waals surface area contributed by atoms with E-state index >= 15 is 0 Å². The molecular weight excluding hydrogens is 204 g/mol. The fraction of sp³-hybridized carbons (Fsp3) is 0.308. The van der Waals surface area contributed by atoms with Crippen LogP contribution in [0.25, 0.3) is 6.08 Å². The number of aliphatic carboxylic acids is 1. The Balaban J connectivity index is 2.67. The van der Waals surface area contributed by atoms with E-state index in [4.69, 9.17) is 9.84 Å². The van der Waals surface area contributed by atoms with E-state index in [0.29, 0.717) is 0 Å². The maximum atomic E-state index is 10.3. The van der Waals surface area contributed by atoms with Gasteiger partial charge in [-0.25, -0.2) is 0 Å². The molecule has 0 bridgehead atoms. The summed E-state index contributed by atoms with van der Waals surface area (Å²) in [5.74, 6) is -0.0293. The second-order valence-corrected chi connectivity index (χ2v) is 3.74. The van der Waals surface area contributed by atoms with Crippen molar-refractivity contribution in [2.45, 2.75) is 26.4 Å². The highest BCUT2D eigenvalue weighted by molar-refractivity contribution is 5.70. The Morgan fingerprint density at radius 2 is 2.25 bits per heavy atom. The maximum absolute atomic E-state index is 10.3. The van der Waals surface area contributed by atoms with E-state index < -0.39 is 5.97 Å². The molecule has 1 aromatic rings. The highest BCUT2D eigenvalue weighted by Crippen LogP contribution is 2.15. The number of hydrogen-bond donors (Lipinski definition) is 1. The molecule has 0 atom stereocenters. The Labute approximate surface area is 95.4 Å². The van der Waals surface area contributed by atoms with Crippen LogP contribution < -0.4 is 4.74 Å². The molecule has 0 heterocycles. The molecule has 3 nitrogen and oxygen atoms in total. The molecule has 0 saturated carbocycles. The molecule has 0 radical (unpaired) electrons. The third kappa shape index (κ3) is 4.64. The molecule has 1 N–H and O–H groups in total. The summed E-state index contributed by atoms with van der Waals surface area (Å²) in [4.78, 5) is 10.3. The minimum Gasteiger partial charge on any atom is -0.491 e. The van der Waals surface area contributed by atoms with Crippen LogP contribution in [0.2, 0.25) is 0 Å². The van der Waals surface area contributed by atoms with Crippen molar-refractivity contribution in [3.8, 4) is 5.75 Å². The molecule has 1 aromatic carbocycles. The van der Waals surface area contributed by atoms with E-state index in [-0.39, 0.29) is 12.5 Å². The van der Waals surface area contributed by atoms with Crippen LogP contribution in [0.5, 0.6) is 5.75 Å². The van der Waals surface area contributed by atoms with Gasteiger partial charge in [-0.05, 0) is 31.5 Å². The molecule has 0 saturated heterocycles. The molecule has 86 valence electrons. The fourth-order valence-electron chi connectivity index (χ4n) is 1.26. The number of hydrogen-bond acceptors (Lipinski definition) is 2. The normalized spacial score (nSPS) is 10.9. The number of ether oxygens (including phenoxy) is 1. The summed E-state index contributed by atoms with van der Waals surface area (Å²) in [6, 6.07) is 7.57. The monoisotopic (exact) mass is 220 g/mol. The summed E-state index contributed by atoms with van der Waals surface area (Å²) in [5, 5.41) is 8.49. The molecule has 0 aliphatic heterocycles. The smallest absolute Gasteiger partial charge is 0.307 e. The standard InChI is InChI=1S/C13H16O3/c1-10(2)16-12-7-3-5-11(9-12)6-4-8-13(14)15/h3-7,9-10H,8H2,1-2H3,(H,14,15). The molecule has 1 rings (SSSR count). The maximum Gasteiger partial charge on any atom is 0.307 e. The number of carboxylic acids is 1. The minimum absolute atomic E-state index is 0.0370. The van der Waals surface area contributed by atoms with E-state index in [9.17, 15) is 4.79 Å². The van der Waals surface area contributed by atoms with Gasteiger partial charge in [0.05, 0.1) is 12.5 Å². The first-order valence-corrected chi connectivity index (χ1v) is 5.23. The summed E-state index contributed by atoms with van der Waals surface area (Å²) in [6.45, 7) is 3.93. The van der Waals surface area contributed by atoms with E-state index in [1.54, 1.807) is 12.2 Å². The largest absolute Gasteiger partial charge is 0.491 e. The van der Waals surface area contributed by atoms with Crippen molar-refractivity contribution in [1.82, 2.24) is 0 Å². The molecule has 0 aromatic heterocycles. The van der Waals surface area contributed by atoms with Crippen molar-refractivity contribution in [3.63, 3.8) is 0 Å². The Morgan fingerprint density at radius 3 is 2.88 bits per heavy atom. The van der Waals surface area contributed by atoms with Gasteiger partial charge in [0.15, 0.2) is 0 Å². The molecular formula is C13H16O3. The number of carbonyl (C=O) groups is 1. The van der Waals surface area contributed by atoms with Gasteiger partial charge in [0.1, 0.15) is 5.75 Å². The predicted octanol–water partition coefficient (Wildman–Crippen LogP) is 2.96.